The number of carbonyl (C=O) groups is 1. The maximum Gasteiger partial charge on any atom is 0.267 e. The highest BCUT2D eigenvalue weighted by atomic mass is 35.8. The maximum atomic E-state index is 12.8. The Morgan fingerprint density at radius 3 is 2.15 bits per heavy atom. The predicted molar refractivity (Wildman–Crippen MR) is 113 cm³/mol. The van der Waals surface area contributed by atoms with Crippen LogP contribution in [0.15, 0.2) is 23.0 Å². The fourth-order valence-corrected chi connectivity index (χ4v) is 8.53. The first-order valence-corrected chi connectivity index (χ1v) is 14.2. The van der Waals surface area contributed by atoms with E-state index < -0.39 is 17.3 Å². The standard InChI is InChI=1S/C18H30ClN3O3S2/c1-15(2)21-9-11-22(12-10-21)18(23)16-5-7-17(8-6-16)20-27(24,25)26(19)13-3-4-14-26/h3-4,13-17,20H,5-12H2,1-2H3. The summed E-state index contributed by atoms with van der Waals surface area (Å²) in [5.41, 5.74) is 0. The molecule has 2 heterocycles. The smallest absolute Gasteiger partial charge is 0.267 e. The second kappa shape index (κ2) is 8.45. The number of carbonyl (C=O) groups excluding carboxylic acids is 1. The molecule has 0 radical (unpaired) electrons. The Hall–Kier alpha value is -0.540. The van der Waals surface area contributed by atoms with Crippen molar-refractivity contribution >= 4 is 33.9 Å². The zero-order valence-electron chi connectivity index (χ0n) is 16.0. The Morgan fingerprint density at radius 2 is 1.63 bits per heavy atom. The van der Waals surface area contributed by atoms with E-state index in [1.807, 2.05) is 4.90 Å². The molecule has 3 rings (SSSR count). The summed E-state index contributed by atoms with van der Waals surface area (Å²) in [6.07, 6.45) is 6.18. The van der Waals surface area contributed by atoms with Crippen LogP contribution in [-0.4, -0.2) is 62.4 Å². The summed E-state index contributed by atoms with van der Waals surface area (Å²) in [6.45, 7) is 7.81. The summed E-state index contributed by atoms with van der Waals surface area (Å²) in [6, 6.07) is 0.380. The first-order valence-electron chi connectivity index (χ1n) is 9.65. The number of piperazine rings is 1. The van der Waals surface area contributed by atoms with Crippen molar-refractivity contribution < 1.29 is 13.2 Å². The van der Waals surface area contributed by atoms with Gasteiger partial charge in [-0.15, -0.1) is 0 Å². The van der Waals surface area contributed by atoms with E-state index in [1.165, 1.54) is 0 Å². The third kappa shape index (κ3) is 4.72. The largest absolute Gasteiger partial charge is 0.340 e. The summed E-state index contributed by atoms with van der Waals surface area (Å²) in [5, 5.41) is 3.12. The minimum Gasteiger partial charge on any atom is -0.340 e. The van der Waals surface area contributed by atoms with Gasteiger partial charge in [-0.25, -0.2) is 13.1 Å². The Morgan fingerprint density at radius 1 is 1.07 bits per heavy atom. The molecule has 27 heavy (non-hydrogen) atoms. The number of hydrogen-bond donors (Lipinski definition) is 1. The van der Waals surface area contributed by atoms with Gasteiger partial charge in [0.05, 0.1) is 0 Å². The molecule has 1 amide bonds. The summed E-state index contributed by atoms with van der Waals surface area (Å²) >= 11 is 0. The van der Waals surface area contributed by atoms with Gasteiger partial charge in [-0.2, -0.15) is 0 Å². The molecule has 1 aliphatic carbocycles. The van der Waals surface area contributed by atoms with Crippen LogP contribution >= 0.6 is 19.0 Å². The Kier molecular flexibility index (Phi) is 6.63. The van der Waals surface area contributed by atoms with Crippen LogP contribution in [0.3, 0.4) is 0 Å². The molecule has 1 saturated carbocycles. The number of amides is 1. The van der Waals surface area contributed by atoms with E-state index in [2.05, 4.69) is 23.5 Å². The molecule has 0 aromatic heterocycles. The van der Waals surface area contributed by atoms with E-state index in [-0.39, 0.29) is 17.9 Å². The van der Waals surface area contributed by atoms with E-state index in [0.717, 1.165) is 39.0 Å². The molecule has 0 unspecified atom stereocenters. The van der Waals surface area contributed by atoms with Crippen molar-refractivity contribution in [3.8, 4) is 0 Å². The van der Waals surface area contributed by atoms with E-state index in [0.29, 0.717) is 18.9 Å². The predicted octanol–water partition coefficient (Wildman–Crippen LogP) is 2.93. The number of halogens is 1. The molecule has 154 valence electrons. The zero-order valence-corrected chi connectivity index (χ0v) is 18.4. The maximum absolute atomic E-state index is 12.8. The molecule has 1 N–H and O–H groups in total. The Bertz CT molecular complexity index is 695. The van der Waals surface area contributed by atoms with Crippen LogP contribution in [0.2, 0.25) is 0 Å². The van der Waals surface area contributed by atoms with Gasteiger partial charge in [-0.1, -0.05) is 12.2 Å². The van der Waals surface area contributed by atoms with E-state index in [1.54, 1.807) is 23.0 Å². The van der Waals surface area contributed by atoms with Gasteiger partial charge in [0.1, 0.15) is 0 Å². The highest BCUT2D eigenvalue weighted by Gasteiger charge is 2.37. The van der Waals surface area contributed by atoms with Crippen molar-refractivity contribution in [2.45, 2.75) is 51.6 Å². The third-order valence-electron chi connectivity index (χ3n) is 5.72. The number of hydrogen-bond acceptors (Lipinski definition) is 4. The van der Waals surface area contributed by atoms with Crippen LogP contribution in [0.1, 0.15) is 39.5 Å². The van der Waals surface area contributed by atoms with Crippen LogP contribution in [0.25, 0.3) is 0 Å². The summed E-state index contributed by atoms with van der Waals surface area (Å²) in [5.74, 6) is 0.251. The number of rotatable bonds is 5. The van der Waals surface area contributed by atoms with E-state index >= 15 is 0 Å². The summed E-state index contributed by atoms with van der Waals surface area (Å²) < 4.78 is 27.9. The molecule has 0 bridgehead atoms. The third-order valence-corrected chi connectivity index (χ3v) is 13.2. The molecular formula is C18H30ClN3O3S2. The minimum absolute atomic E-state index is 0.0138. The molecule has 9 heteroatoms. The van der Waals surface area contributed by atoms with Gasteiger partial charge in [-0.3, -0.25) is 9.69 Å². The van der Waals surface area contributed by atoms with Gasteiger partial charge in [0, 0.05) is 44.2 Å². The average Bonchev–Trinajstić information content (AvgIpc) is 3.10. The van der Waals surface area contributed by atoms with Crippen LogP contribution in [0.5, 0.6) is 0 Å². The highest BCUT2D eigenvalue weighted by molar-refractivity contribution is 9.01. The van der Waals surface area contributed by atoms with Crippen molar-refractivity contribution in [3.63, 3.8) is 0 Å². The van der Waals surface area contributed by atoms with Crippen molar-refractivity contribution in [1.29, 1.82) is 0 Å². The second-order valence-corrected chi connectivity index (χ2v) is 15.7. The van der Waals surface area contributed by atoms with E-state index in [9.17, 15) is 13.2 Å². The van der Waals surface area contributed by atoms with Crippen molar-refractivity contribution in [3.05, 3.63) is 23.0 Å². The SMILES string of the molecule is CC(C)N1CCN(C(=O)C2CCC(NS(=O)(=O)S3(Cl)C=CC=C3)CC2)CC1. The lowest BCUT2D eigenvalue weighted by molar-refractivity contribution is -0.138. The summed E-state index contributed by atoms with van der Waals surface area (Å²) in [7, 11) is 0.235. The Balaban J connectivity index is 1.48. The van der Waals surface area contributed by atoms with Crippen LogP contribution in [0.4, 0.5) is 0 Å². The lowest BCUT2D eigenvalue weighted by Crippen LogP contribution is -2.52. The average molecular weight is 436 g/mol. The van der Waals surface area contributed by atoms with Crippen molar-refractivity contribution in [1.82, 2.24) is 14.5 Å². The molecular weight excluding hydrogens is 406 g/mol. The van der Waals surface area contributed by atoms with Gasteiger partial charge >= 0.3 is 0 Å². The molecule has 0 spiro atoms. The van der Waals surface area contributed by atoms with Crippen molar-refractivity contribution in [2.75, 3.05) is 26.2 Å². The first kappa shape index (κ1) is 21.2. The van der Waals surface area contributed by atoms with Gasteiger partial charge in [0.15, 0.2) is 0 Å². The van der Waals surface area contributed by atoms with Gasteiger partial charge in [-0.05, 0) is 69.3 Å². The lowest BCUT2D eigenvalue weighted by Gasteiger charge is -2.39. The minimum atomic E-state index is -3.61. The van der Waals surface area contributed by atoms with Crippen LogP contribution in [-0.2, 0) is 13.8 Å². The summed E-state index contributed by atoms with van der Waals surface area (Å²) in [4.78, 5) is 17.2. The van der Waals surface area contributed by atoms with Gasteiger partial charge < -0.3 is 4.90 Å². The molecule has 3 aliphatic rings. The fraction of sp³-hybridized carbons (Fsp3) is 0.722. The quantitative estimate of drug-likeness (QED) is 0.674. The zero-order chi connectivity index (χ0) is 19.7. The van der Waals surface area contributed by atoms with Crippen LogP contribution in [0, 0.1) is 5.92 Å². The normalized spacial score (nSPS) is 30.0. The van der Waals surface area contributed by atoms with Crippen molar-refractivity contribution in [2.24, 2.45) is 5.92 Å². The van der Waals surface area contributed by atoms with E-state index in [4.69, 9.17) is 10.7 Å². The second-order valence-electron chi connectivity index (χ2n) is 7.80. The van der Waals surface area contributed by atoms with Crippen LogP contribution < -0.4 is 4.72 Å². The molecule has 0 atom stereocenters. The fourth-order valence-electron chi connectivity index (χ4n) is 3.95. The molecule has 6 nitrogen and oxygen atoms in total. The molecule has 0 aromatic rings. The molecule has 2 aliphatic heterocycles. The molecule has 0 aromatic carbocycles. The molecule has 1 saturated heterocycles. The number of nitrogens with one attached hydrogen (secondary N) is 1. The lowest BCUT2D eigenvalue weighted by atomic mass is 9.85. The number of nitrogens with zero attached hydrogens (tertiary/aromatic N) is 2. The first-order chi connectivity index (χ1) is 12.7. The topological polar surface area (TPSA) is 69.7 Å². The number of allylic oxidation sites excluding steroid dienone is 2. The Labute approximate surface area is 168 Å². The van der Waals surface area contributed by atoms with Gasteiger partial charge in [0.25, 0.3) is 9.06 Å². The monoisotopic (exact) mass is 435 g/mol. The van der Waals surface area contributed by atoms with Gasteiger partial charge in [0.2, 0.25) is 5.91 Å². The highest BCUT2D eigenvalue weighted by Crippen LogP contribution is 2.63. The molecule has 2 fully saturated rings.